The Balaban J connectivity index is 1.62. The Kier molecular flexibility index (Phi) is 11.5. The van der Waals surface area contributed by atoms with Crippen molar-refractivity contribution in [2.24, 2.45) is 0 Å². The first-order valence-electron chi connectivity index (χ1n) is 14.2. The van der Waals surface area contributed by atoms with Crippen molar-refractivity contribution in [3.8, 4) is 34.5 Å². The molecule has 2 atom stereocenters. The zero-order valence-corrected chi connectivity index (χ0v) is 28.4. The van der Waals surface area contributed by atoms with E-state index in [0.29, 0.717) is 0 Å². The lowest BCUT2D eigenvalue weighted by Crippen LogP contribution is -2.37. The number of benzene rings is 3. The van der Waals surface area contributed by atoms with Gasteiger partial charge in [0, 0.05) is 16.5 Å². The molecule has 50 heavy (non-hydrogen) atoms. The molecule has 0 saturated heterocycles. The summed E-state index contributed by atoms with van der Waals surface area (Å²) in [6.07, 6.45) is -1.28. The van der Waals surface area contributed by atoms with Gasteiger partial charge in [-0.05, 0) is 56.3 Å². The quantitative estimate of drug-likeness (QED) is 0.0662. The van der Waals surface area contributed by atoms with E-state index in [2.05, 4.69) is 10.6 Å². The molecule has 0 bridgehead atoms. The van der Waals surface area contributed by atoms with E-state index < -0.39 is 121 Å². The predicted molar refractivity (Wildman–Crippen MR) is 173 cm³/mol. The molecule has 0 aliphatic carbocycles. The van der Waals surface area contributed by atoms with Crippen LogP contribution < -0.4 is 24.8 Å². The second-order valence-corrected chi connectivity index (χ2v) is 15.5. The molecule has 21 heteroatoms. The van der Waals surface area contributed by atoms with Crippen molar-refractivity contribution in [1.82, 2.24) is 15.4 Å². The molecule has 2 amide bonds. The van der Waals surface area contributed by atoms with Gasteiger partial charge in [-0.3, -0.25) is 14.2 Å². The van der Waals surface area contributed by atoms with Crippen LogP contribution in [0.1, 0.15) is 34.6 Å². The van der Waals surface area contributed by atoms with Gasteiger partial charge in [0.15, 0.2) is 34.6 Å². The number of rotatable bonds is 14. The van der Waals surface area contributed by atoms with Crippen molar-refractivity contribution in [3.63, 3.8) is 0 Å². The number of fused-ring (bicyclic) bond motifs is 1. The number of phenolic OH excluding ortho intramolecular Hbond substituents is 4. The first-order valence-corrected chi connectivity index (χ1v) is 18.3. The van der Waals surface area contributed by atoms with Gasteiger partial charge in [0.2, 0.25) is 11.5 Å². The highest BCUT2D eigenvalue weighted by molar-refractivity contribution is 7.92. The summed E-state index contributed by atoms with van der Waals surface area (Å²) in [5.74, 6) is -7.75. The Morgan fingerprint density at radius 2 is 1.26 bits per heavy atom. The first-order chi connectivity index (χ1) is 23.3. The van der Waals surface area contributed by atoms with Crippen molar-refractivity contribution >= 4 is 50.9 Å². The SMILES string of the molecule is CC(COc1c(OCC(C)NC(=O)c2ccc(O)c(O)c2)c(F)c2sc(S(=O)(=O)NCP(=O)(O)O)cc2c1F)NC(=O)c1ccc(O)c(O)c1. The molecule has 0 saturated carbocycles. The lowest BCUT2D eigenvalue weighted by Gasteiger charge is -2.20. The molecule has 4 aromatic rings. The van der Waals surface area contributed by atoms with E-state index in [1.807, 2.05) is 0 Å². The number of amides is 2. The molecule has 0 spiro atoms. The summed E-state index contributed by atoms with van der Waals surface area (Å²) in [4.78, 5) is 43.4. The zero-order chi connectivity index (χ0) is 37.1. The highest BCUT2D eigenvalue weighted by atomic mass is 32.2. The normalized spacial score (nSPS) is 13.1. The van der Waals surface area contributed by atoms with E-state index in [0.717, 1.165) is 30.3 Å². The summed E-state index contributed by atoms with van der Waals surface area (Å²) in [6.45, 7) is 1.85. The van der Waals surface area contributed by atoms with Gasteiger partial charge in [-0.15, -0.1) is 11.3 Å². The fourth-order valence-corrected chi connectivity index (χ4v) is 7.65. The number of hydrogen-bond donors (Lipinski definition) is 9. The zero-order valence-electron chi connectivity index (χ0n) is 25.9. The van der Waals surface area contributed by atoms with Gasteiger partial charge in [-0.25, -0.2) is 17.2 Å². The third-order valence-corrected chi connectivity index (χ3v) is 10.4. The minimum Gasteiger partial charge on any atom is -0.504 e. The number of carbonyl (C=O) groups is 2. The lowest BCUT2D eigenvalue weighted by atomic mass is 10.1. The fraction of sp³-hybridized carbons (Fsp3) is 0.241. The van der Waals surface area contributed by atoms with E-state index in [-0.39, 0.29) is 22.5 Å². The third kappa shape index (κ3) is 9.09. The smallest absolute Gasteiger partial charge is 0.340 e. The Morgan fingerprint density at radius 3 is 1.70 bits per heavy atom. The highest BCUT2D eigenvalue weighted by Crippen LogP contribution is 2.44. The van der Waals surface area contributed by atoms with Crippen molar-refractivity contribution < 1.29 is 71.0 Å². The van der Waals surface area contributed by atoms with Crippen LogP contribution >= 0.6 is 18.9 Å². The van der Waals surface area contributed by atoms with Crippen LogP contribution in [0.3, 0.4) is 0 Å². The van der Waals surface area contributed by atoms with Gasteiger partial charge >= 0.3 is 7.60 Å². The van der Waals surface area contributed by atoms with Crippen molar-refractivity contribution in [1.29, 1.82) is 0 Å². The first kappa shape index (κ1) is 38.1. The van der Waals surface area contributed by atoms with Crippen LogP contribution in [0, 0.1) is 11.6 Å². The number of sulfonamides is 1. The van der Waals surface area contributed by atoms with Crippen LogP contribution in [0.2, 0.25) is 0 Å². The van der Waals surface area contributed by atoms with Gasteiger partial charge < -0.3 is 50.3 Å². The van der Waals surface area contributed by atoms with Gasteiger partial charge in [0.25, 0.3) is 21.8 Å². The van der Waals surface area contributed by atoms with Gasteiger partial charge in [0.1, 0.15) is 23.7 Å². The third-order valence-electron chi connectivity index (χ3n) is 6.66. The maximum atomic E-state index is 16.0. The second kappa shape index (κ2) is 15.0. The van der Waals surface area contributed by atoms with Crippen LogP contribution in [0.25, 0.3) is 10.1 Å². The summed E-state index contributed by atoms with van der Waals surface area (Å²) in [6, 6.07) is 5.51. The summed E-state index contributed by atoms with van der Waals surface area (Å²) >= 11 is 0.233. The number of halogens is 2. The number of aromatic hydroxyl groups is 4. The van der Waals surface area contributed by atoms with Crippen LogP contribution in [0.5, 0.6) is 34.5 Å². The average molecular weight is 762 g/mol. The molecule has 1 heterocycles. The molecule has 0 radical (unpaired) electrons. The van der Waals surface area contributed by atoms with Gasteiger partial charge in [0.05, 0.1) is 16.8 Å². The van der Waals surface area contributed by atoms with Crippen molar-refractivity contribution in [2.75, 3.05) is 19.5 Å². The fourth-order valence-electron chi connectivity index (χ4n) is 4.19. The predicted octanol–water partition coefficient (Wildman–Crippen LogP) is 2.81. The molecule has 2 unspecified atom stereocenters. The van der Waals surface area contributed by atoms with E-state index in [1.54, 1.807) is 4.72 Å². The molecule has 4 rings (SSSR count). The molecule has 1 aromatic heterocycles. The van der Waals surface area contributed by atoms with E-state index in [1.165, 1.54) is 26.0 Å². The standard InChI is InChI=1S/C29H30F2N3O13PS2/c1-13(33-28(39)15-3-5-18(35)20(37)7-15)10-46-25-23(30)17-9-22(50(44,45)32-12-48(41,42)43)49-27(17)24(31)26(25)47-11-14(2)34-29(40)16-4-6-19(36)21(38)8-16/h3-9,13-14,32,35-38H,10-12H2,1-2H3,(H,33,39)(H,34,40)(H2,41,42,43). The molecular formula is C29H30F2N3O13PS2. The molecule has 0 aliphatic heterocycles. The molecule has 16 nitrogen and oxygen atoms in total. The number of carbonyl (C=O) groups excluding carboxylic acids is 2. The number of nitrogens with one attached hydrogen (secondary N) is 3. The molecular weight excluding hydrogens is 731 g/mol. The molecule has 0 aliphatic rings. The summed E-state index contributed by atoms with van der Waals surface area (Å²) in [5, 5.41) is 42.7. The molecule has 9 N–H and O–H groups in total. The molecule has 270 valence electrons. The molecule has 0 fully saturated rings. The monoisotopic (exact) mass is 761 g/mol. The minimum atomic E-state index is -4.84. The van der Waals surface area contributed by atoms with Crippen LogP contribution in [0.15, 0.2) is 46.7 Å². The second-order valence-electron chi connectivity index (χ2n) is 10.8. The topological polar surface area (TPSA) is 261 Å². The van der Waals surface area contributed by atoms with Crippen LogP contribution in [-0.4, -0.2) is 82.0 Å². The van der Waals surface area contributed by atoms with E-state index >= 15 is 8.78 Å². The van der Waals surface area contributed by atoms with Gasteiger partial charge in [-0.2, -0.15) is 4.72 Å². The van der Waals surface area contributed by atoms with Crippen LogP contribution in [0.4, 0.5) is 8.78 Å². The maximum absolute atomic E-state index is 16.0. The summed E-state index contributed by atoms with van der Waals surface area (Å²) < 4.78 is 80.1. The maximum Gasteiger partial charge on any atom is 0.340 e. The summed E-state index contributed by atoms with van der Waals surface area (Å²) in [5.41, 5.74) is -0.0965. The Hall–Kier alpha value is -4.72. The summed E-state index contributed by atoms with van der Waals surface area (Å²) in [7, 11) is -9.50. The van der Waals surface area contributed by atoms with E-state index in [4.69, 9.17) is 19.3 Å². The Bertz CT molecular complexity index is 1990. The van der Waals surface area contributed by atoms with E-state index in [9.17, 15) is 43.0 Å². The van der Waals surface area contributed by atoms with Crippen molar-refractivity contribution in [3.05, 3.63) is 65.2 Å². The van der Waals surface area contributed by atoms with Crippen molar-refractivity contribution in [2.45, 2.75) is 30.1 Å². The number of ether oxygens (including phenoxy) is 2. The minimum absolute atomic E-state index is 0.0481. The van der Waals surface area contributed by atoms with Gasteiger partial charge in [-0.1, -0.05) is 0 Å². The highest BCUT2D eigenvalue weighted by Gasteiger charge is 2.30. The average Bonchev–Trinajstić information content (AvgIpc) is 3.50. The van der Waals surface area contributed by atoms with Crippen LogP contribution in [-0.2, 0) is 14.6 Å². The number of thiophene rings is 1. The number of hydrogen-bond acceptors (Lipinski definition) is 12. The lowest BCUT2D eigenvalue weighted by molar-refractivity contribution is 0.0912. The Morgan fingerprint density at radius 1 is 0.800 bits per heavy atom. The Labute approximate surface area is 286 Å². The number of phenols is 4. The largest absolute Gasteiger partial charge is 0.504 e. The molecule has 3 aromatic carbocycles.